The van der Waals surface area contributed by atoms with Crippen LogP contribution in [0.3, 0.4) is 0 Å². The van der Waals surface area contributed by atoms with Crippen molar-refractivity contribution in [3.05, 3.63) is 71.3 Å². The molecule has 0 bridgehead atoms. The van der Waals surface area contributed by atoms with Crippen molar-refractivity contribution in [2.45, 2.75) is 25.9 Å². The minimum Gasteiger partial charge on any atom is -0.302 e. The average molecular weight is 237 g/mol. The van der Waals surface area contributed by atoms with Crippen molar-refractivity contribution in [3.8, 4) is 0 Å². The molecule has 1 N–H and O–H groups in total. The molecule has 0 spiro atoms. The molecule has 1 fully saturated rings. The summed E-state index contributed by atoms with van der Waals surface area (Å²) in [6.45, 7) is 4.47. The first-order chi connectivity index (χ1) is 8.75. The van der Waals surface area contributed by atoms with Gasteiger partial charge in [-0.15, -0.1) is 0 Å². The summed E-state index contributed by atoms with van der Waals surface area (Å²) in [5.41, 5.74) is 4.12. The lowest BCUT2D eigenvalue weighted by atomic mass is 9.77. The Morgan fingerprint density at radius 1 is 0.778 bits per heavy atom. The summed E-state index contributed by atoms with van der Waals surface area (Å²) in [7, 11) is 0. The van der Waals surface area contributed by atoms with Gasteiger partial charge in [0.1, 0.15) is 0 Å². The van der Waals surface area contributed by atoms with Crippen LogP contribution in [0.25, 0.3) is 0 Å². The highest BCUT2D eigenvalue weighted by molar-refractivity contribution is 5.31. The van der Waals surface area contributed by atoms with Gasteiger partial charge in [-0.25, -0.2) is 0 Å². The second-order valence-electron chi connectivity index (χ2n) is 5.30. The highest BCUT2D eigenvalue weighted by Crippen LogP contribution is 2.42. The van der Waals surface area contributed by atoms with Gasteiger partial charge in [-0.2, -0.15) is 0 Å². The van der Waals surface area contributed by atoms with Gasteiger partial charge < -0.3 is 5.32 Å². The van der Waals surface area contributed by atoms with Crippen LogP contribution in [0.15, 0.2) is 54.6 Å². The van der Waals surface area contributed by atoms with Crippen molar-refractivity contribution in [2.75, 3.05) is 0 Å². The number of rotatable bonds is 2. The molecule has 3 atom stereocenters. The Hall–Kier alpha value is -1.60. The Kier molecular flexibility index (Phi) is 2.92. The SMILES string of the molecule is Cc1ccc([C@@H]2N[C@H](c3ccccc3)[C@H]2C)cc1. The van der Waals surface area contributed by atoms with Crippen LogP contribution in [-0.4, -0.2) is 0 Å². The van der Waals surface area contributed by atoms with Gasteiger partial charge in [0.15, 0.2) is 0 Å². The van der Waals surface area contributed by atoms with Gasteiger partial charge in [-0.05, 0) is 24.0 Å². The van der Waals surface area contributed by atoms with Crippen LogP contribution < -0.4 is 5.32 Å². The van der Waals surface area contributed by atoms with Crippen molar-refractivity contribution in [2.24, 2.45) is 5.92 Å². The Morgan fingerprint density at radius 2 is 1.33 bits per heavy atom. The number of nitrogens with one attached hydrogen (secondary N) is 1. The van der Waals surface area contributed by atoms with Crippen molar-refractivity contribution >= 4 is 0 Å². The second kappa shape index (κ2) is 4.58. The van der Waals surface area contributed by atoms with Crippen molar-refractivity contribution in [3.63, 3.8) is 0 Å². The molecule has 1 saturated heterocycles. The van der Waals surface area contributed by atoms with Gasteiger partial charge in [0.2, 0.25) is 0 Å². The maximum atomic E-state index is 3.68. The van der Waals surface area contributed by atoms with E-state index in [2.05, 4.69) is 73.8 Å². The molecule has 0 unspecified atom stereocenters. The van der Waals surface area contributed by atoms with Crippen LogP contribution in [0.5, 0.6) is 0 Å². The standard InChI is InChI=1S/C17H19N/c1-12-8-10-15(11-9-12)17-13(2)16(18-17)14-6-4-3-5-7-14/h3-11,13,16-18H,1-2H3/t13-,16+,17-/m1/s1. The molecule has 1 aliphatic heterocycles. The summed E-state index contributed by atoms with van der Waals surface area (Å²) >= 11 is 0. The molecule has 1 nitrogen and oxygen atoms in total. The first-order valence-electron chi connectivity index (χ1n) is 6.63. The molecule has 92 valence electrons. The number of aryl methyl sites for hydroxylation is 1. The van der Waals surface area contributed by atoms with Crippen LogP contribution in [0.4, 0.5) is 0 Å². The highest BCUT2D eigenvalue weighted by atomic mass is 15.1. The van der Waals surface area contributed by atoms with Gasteiger partial charge in [0, 0.05) is 12.1 Å². The Balaban J connectivity index is 1.75. The minimum atomic E-state index is 0.496. The molecule has 0 aromatic heterocycles. The predicted molar refractivity (Wildman–Crippen MR) is 75.4 cm³/mol. The third kappa shape index (κ3) is 1.95. The number of hydrogen-bond acceptors (Lipinski definition) is 1. The summed E-state index contributed by atoms with van der Waals surface area (Å²) in [5, 5.41) is 3.68. The lowest BCUT2D eigenvalue weighted by molar-refractivity contribution is 0.161. The number of benzene rings is 2. The van der Waals surface area contributed by atoms with E-state index in [-0.39, 0.29) is 0 Å². The topological polar surface area (TPSA) is 12.0 Å². The van der Waals surface area contributed by atoms with Crippen LogP contribution in [0.2, 0.25) is 0 Å². The fraction of sp³-hybridized carbons (Fsp3) is 0.294. The largest absolute Gasteiger partial charge is 0.302 e. The molecule has 2 aromatic carbocycles. The zero-order valence-electron chi connectivity index (χ0n) is 10.9. The predicted octanol–water partition coefficient (Wildman–Crippen LogP) is 4.02. The Morgan fingerprint density at radius 3 is 1.89 bits per heavy atom. The zero-order chi connectivity index (χ0) is 12.5. The molecule has 2 aromatic rings. The molecule has 0 radical (unpaired) electrons. The van der Waals surface area contributed by atoms with E-state index >= 15 is 0 Å². The van der Waals surface area contributed by atoms with E-state index in [1.54, 1.807) is 0 Å². The van der Waals surface area contributed by atoms with Crippen LogP contribution in [-0.2, 0) is 0 Å². The van der Waals surface area contributed by atoms with E-state index in [0.29, 0.717) is 18.0 Å². The van der Waals surface area contributed by atoms with Gasteiger partial charge in [0.05, 0.1) is 0 Å². The summed E-state index contributed by atoms with van der Waals surface area (Å²) in [6, 6.07) is 20.6. The van der Waals surface area contributed by atoms with Crippen LogP contribution in [0.1, 0.15) is 35.7 Å². The average Bonchev–Trinajstić information content (AvgIpc) is 2.41. The third-order valence-corrected chi connectivity index (χ3v) is 4.01. The van der Waals surface area contributed by atoms with E-state index in [0.717, 1.165) is 0 Å². The highest BCUT2D eigenvalue weighted by Gasteiger charge is 2.38. The Bertz CT molecular complexity index is 515. The fourth-order valence-corrected chi connectivity index (χ4v) is 2.80. The normalized spacial score (nSPS) is 26.7. The van der Waals surface area contributed by atoms with Gasteiger partial charge in [0.25, 0.3) is 0 Å². The van der Waals surface area contributed by atoms with Gasteiger partial charge >= 0.3 is 0 Å². The van der Waals surface area contributed by atoms with Crippen molar-refractivity contribution < 1.29 is 0 Å². The van der Waals surface area contributed by atoms with Crippen molar-refractivity contribution in [1.29, 1.82) is 0 Å². The molecular formula is C17H19N. The quantitative estimate of drug-likeness (QED) is 0.832. The molecule has 3 rings (SSSR count). The molecule has 0 aliphatic carbocycles. The molecule has 1 heterocycles. The van der Waals surface area contributed by atoms with E-state index in [9.17, 15) is 0 Å². The minimum absolute atomic E-state index is 0.496. The molecule has 0 amide bonds. The number of hydrogen-bond donors (Lipinski definition) is 1. The summed E-state index contributed by atoms with van der Waals surface area (Å²) in [5.74, 6) is 0.648. The van der Waals surface area contributed by atoms with E-state index < -0.39 is 0 Å². The maximum Gasteiger partial charge on any atom is 0.0369 e. The third-order valence-electron chi connectivity index (χ3n) is 4.01. The molecule has 1 heteroatoms. The molecule has 1 aliphatic rings. The van der Waals surface area contributed by atoms with Crippen molar-refractivity contribution in [1.82, 2.24) is 5.32 Å². The van der Waals surface area contributed by atoms with E-state index in [1.165, 1.54) is 16.7 Å². The molecular weight excluding hydrogens is 218 g/mol. The fourth-order valence-electron chi connectivity index (χ4n) is 2.80. The molecule has 0 saturated carbocycles. The summed E-state index contributed by atoms with van der Waals surface area (Å²) < 4.78 is 0. The maximum absolute atomic E-state index is 3.68. The van der Waals surface area contributed by atoms with E-state index in [1.807, 2.05) is 0 Å². The van der Waals surface area contributed by atoms with Gasteiger partial charge in [-0.1, -0.05) is 67.1 Å². The first kappa shape index (κ1) is 11.5. The summed E-state index contributed by atoms with van der Waals surface area (Å²) in [6.07, 6.45) is 0. The first-order valence-corrected chi connectivity index (χ1v) is 6.63. The molecule has 18 heavy (non-hydrogen) atoms. The monoisotopic (exact) mass is 237 g/mol. The van der Waals surface area contributed by atoms with E-state index in [4.69, 9.17) is 0 Å². The zero-order valence-corrected chi connectivity index (χ0v) is 10.9. The summed E-state index contributed by atoms with van der Waals surface area (Å²) in [4.78, 5) is 0. The Labute approximate surface area is 109 Å². The second-order valence-corrected chi connectivity index (χ2v) is 5.30. The van der Waals surface area contributed by atoms with Crippen LogP contribution in [0, 0.1) is 12.8 Å². The smallest absolute Gasteiger partial charge is 0.0369 e. The van der Waals surface area contributed by atoms with Crippen LogP contribution >= 0.6 is 0 Å². The van der Waals surface area contributed by atoms with Gasteiger partial charge in [-0.3, -0.25) is 0 Å². The lowest BCUT2D eigenvalue weighted by Gasteiger charge is -2.45. The lowest BCUT2D eigenvalue weighted by Crippen LogP contribution is -2.47.